The van der Waals surface area contributed by atoms with Gasteiger partial charge in [0.1, 0.15) is 0 Å². The molecule has 0 aromatic rings. The van der Waals surface area contributed by atoms with Crippen LogP contribution in [-0.4, -0.2) is 73.0 Å². The van der Waals surface area contributed by atoms with Crippen LogP contribution in [0.5, 0.6) is 0 Å². The van der Waals surface area contributed by atoms with Gasteiger partial charge in [-0.15, -0.1) is 0 Å². The van der Waals surface area contributed by atoms with Crippen LogP contribution in [0.25, 0.3) is 0 Å². The van der Waals surface area contributed by atoms with E-state index in [-0.39, 0.29) is 21.3 Å². The zero-order chi connectivity index (χ0) is 38.1. The van der Waals surface area contributed by atoms with E-state index in [1.807, 2.05) is 0 Å². The first-order chi connectivity index (χ1) is 21.7. The molecule has 292 valence electrons. The number of rotatable bonds is 14. The van der Waals surface area contributed by atoms with Crippen molar-refractivity contribution < 1.29 is 25.3 Å². The van der Waals surface area contributed by atoms with Gasteiger partial charge in [-0.1, -0.05) is 92.9 Å². The van der Waals surface area contributed by atoms with E-state index >= 15 is 0 Å². The molecule has 49 heavy (non-hydrogen) atoms. The first kappa shape index (κ1) is 46.4. The second-order valence-corrected chi connectivity index (χ2v) is 48.6. The Balaban J connectivity index is 2.36. The lowest BCUT2D eigenvalue weighted by Gasteiger charge is -2.48. The summed E-state index contributed by atoms with van der Waals surface area (Å²) in [6.45, 7) is 46.7. The lowest BCUT2D eigenvalue weighted by Crippen LogP contribution is -2.64. The molecule has 0 bridgehead atoms. The van der Waals surface area contributed by atoms with Gasteiger partial charge in [0.15, 0.2) is 52.8 Å². The van der Waals surface area contributed by atoms with Crippen molar-refractivity contribution in [3.63, 3.8) is 0 Å². The molecule has 2 saturated carbocycles. The smallest absolute Gasteiger partial charge is 0.412 e. The minimum absolute atomic E-state index is 0.0803. The van der Waals surface area contributed by atoms with E-state index in [0.29, 0.717) is 22.2 Å². The molecule has 2 aliphatic carbocycles. The Labute approximate surface area is 315 Å². The van der Waals surface area contributed by atoms with Crippen molar-refractivity contribution in [2.45, 2.75) is 230 Å². The second-order valence-electron chi connectivity index (χ2n) is 22.3. The monoisotopic (exact) mass is 808 g/mol. The molecule has 0 heterocycles. The van der Waals surface area contributed by atoms with E-state index in [4.69, 9.17) is 25.3 Å². The topological polar surface area (TPSA) is 55.4 Å². The van der Waals surface area contributed by atoms with Gasteiger partial charge in [0.05, 0.1) is 0 Å². The highest BCUT2D eigenvalue weighted by Gasteiger charge is 2.57. The van der Waals surface area contributed by atoms with Crippen LogP contribution in [0.1, 0.15) is 134 Å². The molecule has 0 aliphatic heterocycles. The van der Waals surface area contributed by atoms with Gasteiger partial charge in [-0.05, 0) is 126 Å². The maximum atomic E-state index is 7.60. The predicted molar refractivity (Wildman–Crippen MR) is 230 cm³/mol. The molecular formula is C36H84O6Si7. The number of hydrogen-bond donors (Lipinski definition) is 0. The van der Waals surface area contributed by atoms with Crippen molar-refractivity contribution >= 4 is 61.8 Å². The van der Waals surface area contributed by atoms with Crippen LogP contribution in [0.4, 0.5) is 0 Å². The highest BCUT2D eigenvalue weighted by atomic mass is 28.5. The molecule has 0 spiro atoms. The summed E-state index contributed by atoms with van der Waals surface area (Å²) in [4.78, 5) is 0. The summed E-state index contributed by atoms with van der Waals surface area (Å²) in [5.41, 5.74) is 2.39. The molecule has 2 fully saturated rings. The van der Waals surface area contributed by atoms with E-state index in [9.17, 15) is 0 Å². The Kier molecular flexibility index (Phi) is 15.7. The SMILES string of the molecule is CC(C)(C)O[Si](C)(C)C1CCC([Si](C)(C)O[Si](O[SiH2]C(C)(C)C)(O[SiH2]C(C)(C)C)O[Si](C)(C)C2CCC([Si](C)(C)OC(C)(C)C)CC2)CC1. The summed E-state index contributed by atoms with van der Waals surface area (Å²) in [7, 11) is -13.5. The molecule has 2 aliphatic rings. The Morgan fingerprint density at radius 2 is 0.612 bits per heavy atom. The highest BCUT2D eigenvalue weighted by Crippen LogP contribution is 2.50. The third-order valence-corrected chi connectivity index (χ3v) is 35.0. The van der Waals surface area contributed by atoms with Gasteiger partial charge in [-0.3, -0.25) is 0 Å². The molecular weight excluding hydrogens is 725 g/mol. The Morgan fingerprint density at radius 3 is 0.816 bits per heavy atom. The van der Waals surface area contributed by atoms with Gasteiger partial charge in [0, 0.05) is 11.2 Å². The van der Waals surface area contributed by atoms with Crippen LogP contribution in [0, 0.1) is 0 Å². The summed E-state index contributed by atoms with van der Waals surface area (Å²) in [5.74, 6) is 0. The molecule has 0 aromatic carbocycles. The van der Waals surface area contributed by atoms with Crippen molar-refractivity contribution in [3.8, 4) is 0 Å². The summed E-state index contributed by atoms with van der Waals surface area (Å²) in [5, 5.41) is 0.245. The minimum atomic E-state index is -3.41. The molecule has 13 heteroatoms. The van der Waals surface area contributed by atoms with Gasteiger partial charge in [-0.2, -0.15) is 0 Å². The van der Waals surface area contributed by atoms with Crippen LogP contribution in [0.2, 0.25) is 84.6 Å². The lowest BCUT2D eigenvalue weighted by atomic mass is 9.99. The molecule has 6 nitrogen and oxygen atoms in total. The molecule has 2 rings (SSSR count). The Morgan fingerprint density at radius 1 is 0.388 bits per heavy atom. The van der Waals surface area contributed by atoms with E-state index in [1.54, 1.807) is 0 Å². The number of hydrogen-bond acceptors (Lipinski definition) is 6. The maximum Gasteiger partial charge on any atom is 0.636 e. The van der Waals surface area contributed by atoms with Crippen LogP contribution >= 0.6 is 0 Å². The van der Waals surface area contributed by atoms with Gasteiger partial charge in [0.25, 0.3) is 0 Å². The Hall–Kier alpha value is 1.28. The molecule has 0 N–H and O–H groups in total. The van der Waals surface area contributed by atoms with Gasteiger partial charge < -0.3 is 25.3 Å². The molecule has 0 atom stereocenters. The third-order valence-electron chi connectivity index (χ3n) is 10.7. The van der Waals surface area contributed by atoms with E-state index < -0.39 is 61.8 Å². The summed E-state index contributed by atoms with van der Waals surface area (Å²) >= 11 is 0. The van der Waals surface area contributed by atoms with Gasteiger partial charge in [-0.25, -0.2) is 0 Å². The van der Waals surface area contributed by atoms with Crippen molar-refractivity contribution in [2.75, 3.05) is 0 Å². The average Bonchev–Trinajstić information content (AvgIpc) is 2.87. The van der Waals surface area contributed by atoms with E-state index in [1.165, 1.54) is 51.4 Å². The van der Waals surface area contributed by atoms with Crippen molar-refractivity contribution in [3.05, 3.63) is 0 Å². The largest absolute Gasteiger partial charge is 0.636 e. The Bertz CT molecular complexity index is 942. The third kappa shape index (κ3) is 15.9. The van der Waals surface area contributed by atoms with Crippen molar-refractivity contribution in [1.29, 1.82) is 0 Å². The zero-order valence-corrected chi connectivity index (χ0v) is 44.2. The van der Waals surface area contributed by atoms with E-state index in [2.05, 4.69) is 135 Å². The van der Waals surface area contributed by atoms with Crippen LogP contribution in [0.3, 0.4) is 0 Å². The fourth-order valence-corrected chi connectivity index (χ4v) is 34.8. The molecule has 0 amide bonds. The predicted octanol–water partition coefficient (Wildman–Crippen LogP) is 11.2. The minimum Gasteiger partial charge on any atom is -0.412 e. The quantitative estimate of drug-likeness (QED) is 0.163. The fourth-order valence-electron chi connectivity index (χ4n) is 8.31. The normalized spacial score (nSPS) is 26.2. The first-order valence-corrected chi connectivity index (χ1v) is 35.9. The molecule has 0 radical (unpaired) electrons. The molecule has 0 aromatic heterocycles. The second kappa shape index (κ2) is 16.6. The summed E-state index contributed by atoms with van der Waals surface area (Å²) in [6, 6.07) is 0. The summed E-state index contributed by atoms with van der Waals surface area (Å²) in [6.07, 6.45) is 9.83. The first-order valence-electron chi connectivity index (χ1n) is 19.7. The average molecular weight is 810 g/mol. The molecule has 0 unspecified atom stereocenters. The van der Waals surface area contributed by atoms with Gasteiger partial charge >= 0.3 is 9.05 Å². The van der Waals surface area contributed by atoms with Crippen LogP contribution < -0.4 is 0 Å². The van der Waals surface area contributed by atoms with Crippen molar-refractivity contribution in [2.24, 2.45) is 0 Å². The zero-order valence-electron chi connectivity index (χ0n) is 36.3. The summed E-state index contributed by atoms with van der Waals surface area (Å²) < 4.78 is 43.0. The van der Waals surface area contributed by atoms with Crippen LogP contribution in [-0.2, 0) is 25.3 Å². The maximum absolute atomic E-state index is 7.60. The molecule has 0 saturated heterocycles. The van der Waals surface area contributed by atoms with Gasteiger partial charge in [0.2, 0.25) is 0 Å². The van der Waals surface area contributed by atoms with Crippen LogP contribution in [0.15, 0.2) is 0 Å². The van der Waals surface area contributed by atoms with Crippen molar-refractivity contribution in [1.82, 2.24) is 0 Å². The van der Waals surface area contributed by atoms with E-state index in [0.717, 1.165) is 0 Å². The lowest BCUT2D eigenvalue weighted by molar-refractivity contribution is 0.113. The fraction of sp³-hybridized carbons (Fsp3) is 1.00. The standard InChI is InChI=1S/C36H84O6Si7/c1-33(2,3)37-45(13,14)29-21-25-31(26-22-29)47(17,18)41-49(39-43-35(7,8)9,40-44-36(10,11)12)42-48(19,20)32-27-23-30(24-28-32)46(15,16)38-34(4,5)6/h29-32H,21-28,43-44H2,1-20H3. The highest BCUT2D eigenvalue weighted by molar-refractivity contribution is 6.87.